The zero-order valence-electron chi connectivity index (χ0n) is 47.3. The van der Waals surface area contributed by atoms with E-state index in [1.165, 1.54) is 26.9 Å². The Morgan fingerprint density at radius 1 is 0.806 bits per heavy atom. The van der Waals surface area contributed by atoms with Crippen LogP contribution in [0.4, 0.5) is 0 Å². The maximum absolute atomic E-state index is 14.7. The van der Waals surface area contributed by atoms with Gasteiger partial charge >= 0.3 is 5.97 Å². The first-order valence-electron chi connectivity index (χ1n) is 27.7. The van der Waals surface area contributed by atoms with Gasteiger partial charge in [-0.2, -0.15) is 0 Å². The lowest BCUT2D eigenvalue weighted by Crippen LogP contribution is -2.61. The Bertz CT molecular complexity index is 1650. The first-order valence-corrected chi connectivity index (χ1v) is 27.7. The van der Waals surface area contributed by atoms with Gasteiger partial charge in [-0.05, 0) is 87.2 Å². The number of piperazine rings is 1. The van der Waals surface area contributed by atoms with Gasteiger partial charge in [0.05, 0.1) is 53.4 Å². The number of hydrogen-bond donors (Lipinski definition) is 4. The number of cyclic esters (lactones) is 1. The van der Waals surface area contributed by atoms with Crippen LogP contribution in [-0.2, 0) is 42.8 Å². The topological polar surface area (TPSA) is 194 Å². The molecule has 0 radical (unpaired) electrons. The molecule has 4 N–H and O–H groups in total. The Hall–Kier alpha value is -1.84. The number of ether oxygens (including phenoxy) is 7. The molecule has 17 heteroatoms. The molecule has 420 valence electrons. The minimum Gasteiger partial charge on any atom is -0.459 e. The second kappa shape index (κ2) is 29.1. The van der Waals surface area contributed by atoms with Crippen molar-refractivity contribution < 1.29 is 63.2 Å². The van der Waals surface area contributed by atoms with Crippen molar-refractivity contribution >= 4 is 11.7 Å². The summed E-state index contributed by atoms with van der Waals surface area (Å²) in [5.41, 5.74) is -3.64. The highest BCUT2D eigenvalue weighted by Gasteiger charge is 2.54. The highest BCUT2D eigenvalue weighted by molar-refractivity contribution is 5.88. The van der Waals surface area contributed by atoms with Crippen molar-refractivity contribution in [2.75, 3.05) is 73.7 Å². The number of aliphatic hydroxyl groups is 4. The van der Waals surface area contributed by atoms with Crippen molar-refractivity contribution in [3.63, 3.8) is 0 Å². The molecular formula is C55H102N4O13. The van der Waals surface area contributed by atoms with Crippen molar-refractivity contribution in [3.05, 3.63) is 12.2 Å². The van der Waals surface area contributed by atoms with Gasteiger partial charge in [-0.25, -0.2) is 0 Å². The Labute approximate surface area is 434 Å². The summed E-state index contributed by atoms with van der Waals surface area (Å²) < 4.78 is 45.7. The number of nitrogens with zero attached hydrogens (tertiary/aromatic N) is 4. The van der Waals surface area contributed by atoms with Crippen molar-refractivity contribution in [1.82, 2.24) is 14.7 Å². The summed E-state index contributed by atoms with van der Waals surface area (Å²) >= 11 is 0. The SMILES string of the molecule is CCCCCCCCO/N=C1\[C@H](C)C[C@](C)(OC)[C@H](O[C@@H]2O[C@H](C)C[C@H](N(C)C/C=C/CN3CCN(CC)CC3)[C@H]2O)[C@@H](C)[C@H](O[C@H]2C[C@@](C)(OC)[C@@H](O)[C@H](C)O2)[C@@H](C)C(=O)O[C@H](CC)[C@@](C)(O)[C@H](O)[C@H]1C. The first kappa shape index (κ1) is 62.7. The quantitative estimate of drug-likeness (QED) is 0.0441. The fourth-order valence-electron chi connectivity index (χ4n) is 11.6. The molecule has 0 aromatic rings. The van der Waals surface area contributed by atoms with E-state index in [-0.39, 0.29) is 31.4 Å². The van der Waals surface area contributed by atoms with Gasteiger partial charge in [-0.3, -0.25) is 14.6 Å². The first-order chi connectivity index (χ1) is 34.0. The van der Waals surface area contributed by atoms with E-state index in [1.54, 1.807) is 41.7 Å². The van der Waals surface area contributed by atoms with E-state index in [2.05, 4.69) is 40.7 Å². The minimum absolute atomic E-state index is 0.138. The summed E-state index contributed by atoms with van der Waals surface area (Å²) in [4.78, 5) is 27.8. The fourth-order valence-corrected chi connectivity index (χ4v) is 11.6. The molecule has 17 nitrogen and oxygen atoms in total. The monoisotopic (exact) mass is 1030 g/mol. The number of esters is 1. The lowest BCUT2D eigenvalue weighted by Gasteiger charge is -2.50. The van der Waals surface area contributed by atoms with Crippen LogP contribution < -0.4 is 0 Å². The zero-order chi connectivity index (χ0) is 53.6. The standard InChI is InChI=1S/C55H102N4O13/c1-16-19-20-21-22-25-32-67-56-45-36(4)34-54(11,66-15)50(72-52-46(60)42(33-37(5)68-52)57(13)26-23-24-27-59-30-28-58(18-3)29-31-59)39(7)47(71-44-35-53(10,65-14)49(62)41(9)69-44)40(8)51(63)70-43(17-2)55(12,64)48(61)38(45)6/h23-24,36-44,46-50,52,60-62,64H,16-22,25-35H2,1-15H3/b24-23+,56-45+/t36-,37-,38+,39+,40-,41+,42+,43-,44+,46-,47+,48-,49+,50-,52+,53-,54+,55-/m1/s1. The highest BCUT2D eigenvalue weighted by atomic mass is 16.7. The van der Waals surface area contributed by atoms with E-state index in [4.69, 9.17) is 43.2 Å². The number of rotatable bonds is 21. The Morgan fingerprint density at radius 2 is 1.44 bits per heavy atom. The third kappa shape index (κ3) is 16.3. The molecule has 0 aliphatic carbocycles. The number of likely N-dealkylation sites (N-methyl/N-ethyl adjacent to an activating group) is 2. The normalized spacial score (nSPS) is 41.2. The lowest BCUT2D eigenvalue weighted by atomic mass is 9.73. The number of unbranched alkanes of at least 4 members (excludes halogenated alkanes) is 5. The van der Waals surface area contributed by atoms with Gasteiger partial charge < -0.3 is 63.3 Å². The maximum atomic E-state index is 14.7. The molecule has 4 fully saturated rings. The molecule has 0 aromatic heterocycles. The molecule has 0 spiro atoms. The molecule has 0 unspecified atom stereocenters. The van der Waals surface area contributed by atoms with Crippen molar-refractivity contribution in [2.24, 2.45) is 28.8 Å². The number of carbonyl (C=O) groups excluding carboxylic acids is 1. The van der Waals surface area contributed by atoms with Crippen LogP contribution in [0.3, 0.4) is 0 Å². The van der Waals surface area contributed by atoms with Gasteiger partial charge in [0, 0.05) is 83.7 Å². The molecule has 72 heavy (non-hydrogen) atoms. The number of hydrogen-bond acceptors (Lipinski definition) is 17. The largest absolute Gasteiger partial charge is 0.459 e. The van der Waals surface area contributed by atoms with E-state index < -0.39 is 102 Å². The lowest BCUT2D eigenvalue weighted by molar-refractivity contribution is -0.319. The van der Waals surface area contributed by atoms with Gasteiger partial charge in [0.15, 0.2) is 12.6 Å². The third-order valence-corrected chi connectivity index (χ3v) is 16.8. The number of methoxy groups -OCH3 is 2. The van der Waals surface area contributed by atoms with Crippen molar-refractivity contribution in [3.8, 4) is 0 Å². The van der Waals surface area contributed by atoms with Crippen molar-refractivity contribution in [1.29, 1.82) is 0 Å². The maximum Gasteiger partial charge on any atom is 0.311 e. The van der Waals surface area contributed by atoms with E-state index in [0.29, 0.717) is 25.3 Å². The van der Waals surface area contributed by atoms with Gasteiger partial charge in [-0.15, -0.1) is 0 Å². The van der Waals surface area contributed by atoms with Crippen molar-refractivity contribution in [2.45, 2.75) is 232 Å². The highest BCUT2D eigenvalue weighted by Crippen LogP contribution is 2.42. The smallest absolute Gasteiger partial charge is 0.311 e. The van der Waals surface area contributed by atoms with Crippen LogP contribution >= 0.6 is 0 Å². The molecule has 0 saturated carbocycles. The Balaban J connectivity index is 1.78. The Kier molecular flexibility index (Phi) is 25.3. The molecule has 4 heterocycles. The molecule has 0 bridgehead atoms. The number of carbonyl (C=O) groups is 1. The average molecular weight is 1030 g/mol. The van der Waals surface area contributed by atoms with E-state index in [9.17, 15) is 25.2 Å². The van der Waals surface area contributed by atoms with Gasteiger partial charge in [-0.1, -0.05) is 84.5 Å². The second-order valence-electron chi connectivity index (χ2n) is 22.5. The van der Waals surface area contributed by atoms with Crippen LogP contribution in [0.1, 0.15) is 147 Å². The van der Waals surface area contributed by atoms with Gasteiger partial charge in [0.1, 0.15) is 30.5 Å². The molecule has 4 aliphatic heterocycles. The predicted octanol–water partition coefficient (Wildman–Crippen LogP) is 6.17. The number of oxime groups is 1. The average Bonchev–Trinajstić information content (AvgIpc) is 3.35. The Morgan fingerprint density at radius 3 is 2.07 bits per heavy atom. The third-order valence-electron chi connectivity index (χ3n) is 16.8. The van der Waals surface area contributed by atoms with Crippen LogP contribution in [0.15, 0.2) is 17.3 Å². The fraction of sp³-hybridized carbons (Fsp3) is 0.927. The predicted molar refractivity (Wildman–Crippen MR) is 279 cm³/mol. The molecular weight excluding hydrogens is 925 g/mol. The molecule has 0 amide bonds. The molecule has 18 atom stereocenters. The summed E-state index contributed by atoms with van der Waals surface area (Å²) in [6.45, 7) is 29.8. The van der Waals surface area contributed by atoms with Crippen LogP contribution in [0.25, 0.3) is 0 Å². The molecule has 4 aliphatic rings. The molecule has 4 rings (SSSR count). The minimum atomic E-state index is -1.90. The van der Waals surface area contributed by atoms with Crippen LogP contribution in [0, 0.1) is 23.7 Å². The van der Waals surface area contributed by atoms with E-state index >= 15 is 0 Å². The van der Waals surface area contributed by atoms with Gasteiger partial charge in [0.25, 0.3) is 0 Å². The zero-order valence-corrected chi connectivity index (χ0v) is 47.3. The van der Waals surface area contributed by atoms with Crippen LogP contribution in [0.5, 0.6) is 0 Å². The summed E-state index contributed by atoms with van der Waals surface area (Å²) in [5, 5.41) is 52.7. The summed E-state index contributed by atoms with van der Waals surface area (Å²) in [7, 11) is 5.16. The van der Waals surface area contributed by atoms with E-state index in [1.807, 2.05) is 34.7 Å². The van der Waals surface area contributed by atoms with Crippen LogP contribution in [0.2, 0.25) is 0 Å². The van der Waals surface area contributed by atoms with E-state index in [0.717, 1.165) is 65.0 Å². The summed E-state index contributed by atoms with van der Waals surface area (Å²) in [6, 6.07) is -0.321. The van der Waals surface area contributed by atoms with Gasteiger partial charge in [0.2, 0.25) is 0 Å². The molecule has 0 aromatic carbocycles. The summed E-state index contributed by atoms with van der Waals surface area (Å²) in [5.74, 6) is -3.55. The van der Waals surface area contributed by atoms with Crippen LogP contribution in [-0.4, -0.2) is 205 Å². The molecule has 4 saturated heterocycles. The number of aliphatic hydroxyl groups excluding tert-OH is 3. The second-order valence-corrected chi connectivity index (χ2v) is 22.5. The summed E-state index contributed by atoms with van der Waals surface area (Å²) in [6.07, 6.45) is 2.45.